The van der Waals surface area contributed by atoms with Gasteiger partial charge in [-0.1, -0.05) is 19.9 Å². The Morgan fingerprint density at radius 2 is 2.14 bits per heavy atom. The van der Waals surface area contributed by atoms with Gasteiger partial charge in [0.05, 0.1) is 10.8 Å². The van der Waals surface area contributed by atoms with E-state index in [0.717, 1.165) is 6.07 Å². The van der Waals surface area contributed by atoms with Gasteiger partial charge < -0.3 is 10.8 Å². The second kappa shape index (κ2) is 4.99. The van der Waals surface area contributed by atoms with E-state index >= 15 is 0 Å². The molecule has 0 saturated heterocycles. The second-order valence-corrected chi connectivity index (χ2v) is 6.18. The zero-order valence-corrected chi connectivity index (χ0v) is 11.8. The molecule has 1 aliphatic rings. The van der Waals surface area contributed by atoms with Crippen molar-refractivity contribution in [3.05, 3.63) is 39.4 Å². The Labute approximate surface area is 120 Å². The number of non-ortho nitro benzene ring substituents is 1. The zero-order valence-electron chi connectivity index (χ0n) is 11.8. The van der Waals surface area contributed by atoms with E-state index in [9.17, 15) is 18.9 Å². The number of fused-ring (bicyclic) bond motifs is 1. The van der Waals surface area contributed by atoms with Crippen molar-refractivity contribution in [2.24, 2.45) is 5.73 Å². The summed E-state index contributed by atoms with van der Waals surface area (Å²) >= 11 is 0. The quantitative estimate of drug-likeness (QED) is 0.662. The smallest absolute Gasteiger partial charge is 0.278 e. The van der Waals surface area contributed by atoms with E-state index in [2.05, 4.69) is 0 Å². The van der Waals surface area contributed by atoms with Crippen LogP contribution >= 0.6 is 0 Å². The summed E-state index contributed by atoms with van der Waals surface area (Å²) in [6.07, 6.45) is 0.318. The standard InChI is InChI=1S/C14H18F2N2O3/c1-13(2)6-11(17)12(14(15,16)7-19)9-5-8(18(20)21)3-4-10(9)13/h3-5,11-12,19H,6-7,17H2,1-2H3/t11-,12?/m1/s1. The van der Waals surface area contributed by atoms with E-state index in [1.165, 1.54) is 12.1 Å². The van der Waals surface area contributed by atoms with Crippen LogP contribution in [0.1, 0.15) is 37.3 Å². The largest absolute Gasteiger partial charge is 0.390 e. The molecule has 2 atom stereocenters. The molecule has 2 rings (SSSR count). The normalized spacial score (nSPS) is 24.5. The second-order valence-electron chi connectivity index (χ2n) is 6.18. The number of rotatable bonds is 3. The van der Waals surface area contributed by atoms with Crippen molar-refractivity contribution in [3.63, 3.8) is 0 Å². The molecule has 0 aromatic heterocycles. The van der Waals surface area contributed by atoms with Gasteiger partial charge >= 0.3 is 0 Å². The van der Waals surface area contributed by atoms with E-state index in [0.29, 0.717) is 12.0 Å². The number of halogens is 2. The first kappa shape index (κ1) is 15.8. The molecule has 1 aromatic carbocycles. The first-order valence-electron chi connectivity index (χ1n) is 6.63. The highest BCUT2D eigenvalue weighted by Gasteiger charge is 2.50. The van der Waals surface area contributed by atoms with Gasteiger partial charge in [0, 0.05) is 18.2 Å². The molecule has 7 heteroatoms. The van der Waals surface area contributed by atoms with E-state index in [1.807, 2.05) is 13.8 Å². The highest BCUT2D eigenvalue weighted by atomic mass is 19.3. The molecular formula is C14H18F2N2O3. The van der Waals surface area contributed by atoms with Gasteiger partial charge in [0.25, 0.3) is 11.6 Å². The van der Waals surface area contributed by atoms with Gasteiger partial charge in [0.1, 0.15) is 6.61 Å². The van der Waals surface area contributed by atoms with Crippen LogP contribution in [-0.2, 0) is 5.41 Å². The number of nitro benzene ring substituents is 1. The van der Waals surface area contributed by atoms with E-state index in [1.54, 1.807) is 0 Å². The van der Waals surface area contributed by atoms with Crippen LogP contribution in [-0.4, -0.2) is 28.6 Å². The molecule has 1 unspecified atom stereocenters. The maximum absolute atomic E-state index is 14.1. The summed E-state index contributed by atoms with van der Waals surface area (Å²) in [6.45, 7) is 2.39. The molecule has 0 fully saturated rings. The minimum Gasteiger partial charge on any atom is -0.390 e. The monoisotopic (exact) mass is 300 g/mol. The Morgan fingerprint density at radius 1 is 1.52 bits per heavy atom. The van der Waals surface area contributed by atoms with Crippen molar-refractivity contribution < 1.29 is 18.8 Å². The zero-order chi connectivity index (χ0) is 16.0. The van der Waals surface area contributed by atoms with Gasteiger partial charge in [-0.25, -0.2) is 8.78 Å². The molecule has 0 spiro atoms. The number of benzene rings is 1. The van der Waals surface area contributed by atoms with Gasteiger partial charge in [-0.2, -0.15) is 0 Å². The van der Waals surface area contributed by atoms with Crippen LogP contribution in [0.5, 0.6) is 0 Å². The third-order valence-corrected chi connectivity index (χ3v) is 4.15. The Bertz CT molecular complexity index is 575. The number of hydrogen-bond acceptors (Lipinski definition) is 4. The Kier molecular flexibility index (Phi) is 3.75. The lowest BCUT2D eigenvalue weighted by atomic mass is 9.65. The van der Waals surface area contributed by atoms with Crippen LogP contribution in [0, 0.1) is 10.1 Å². The first-order chi connectivity index (χ1) is 9.60. The average Bonchev–Trinajstić information content (AvgIpc) is 2.36. The lowest BCUT2D eigenvalue weighted by molar-refractivity contribution is -0.385. The van der Waals surface area contributed by atoms with Crippen LogP contribution in [0.3, 0.4) is 0 Å². The summed E-state index contributed by atoms with van der Waals surface area (Å²) in [4.78, 5) is 10.3. The van der Waals surface area contributed by atoms with Crippen LogP contribution < -0.4 is 5.73 Å². The fourth-order valence-corrected chi connectivity index (χ4v) is 3.22. The number of aliphatic hydroxyl groups is 1. The summed E-state index contributed by atoms with van der Waals surface area (Å²) in [5, 5.41) is 19.9. The summed E-state index contributed by atoms with van der Waals surface area (Å²) in [5.74, 6) is -4.84. The molecule has 1 aromatic rings. The molecule has 0 saturated carbocycles. The number of nitro groups is 1. The van der Waals surface area contributed by atoms with Crippen LogP contribution in [0.25, 0.3) is 0 Å². The minimum absolute atomic E-state index is 0.159. The third kappa shape index (κ3) is 2.63. The third-order valence-electron chi connectivity index (χ3n) is 4.15. The Hall–Kier alpha value is -1.60. The summed E-state index contributed by atoms with van der Waals surface area (Å²) < 4.78 is 28.1. The number of nitrogens with two attached hydrogens (primary N) is 1. The Balaban J connectivity index is 2.67. The van der Waals surface area contributed by atoms with E-state index < -0.39 is 34.8 Å². The molecule has 1 aliphatic carbocycles. The van der Waals surface area contributed by atoms with Crippen molar-refractivity contribution in [2.75, 3.05) is 6.61 Å². The molecule has 0 amide bonds. The SMILES string of the molecule is CC1(C)C[C@@H](N)C(C(F)(F)CO)c2cc([N+](=O)[O-])ccc21. The molecule has 0 radical (unpaired) electrons. The van der Waals surface area contributed by atoms with E-state index in [4.69, 9.17) is 10.8 Å². The summed E-state index contributed by atoms with van der Waals surface area (Å²) in [6, 6.07) is 3.10. The molecule has 116 valence electrons. The maximum atomic E-state index is 14.1. The lowest BCUT2D eigenvalue weighted by Crippen LogP contribution is -2.49. The van der Waals surface area contributed by atoms with Crippen LogP contribution in [0.4, 0.5) is 14.5 Å². The summed E-state index contributed by atoms with van der Waals surface area (Å²) in [5.41, 5.74) is 5.97. The van der Waals surface area contributed by atoms with Crippen molar-refractivity contribution in [2.45, 2.75) is 43.6 Å². The van der Waals surface area contributed by atoms with Crippen molar-refractivity contribution >= 4 is 5.69 Å². The molecule has 0 aliphatic heterocycles. The predicted octanol–water partition coefficient (Wildman–Crippen LogP) is 2.31. The van der Waals surface area contributed by atoms with Crippen molar-refractivity contribution in [1.29, 1.82) is 0 Å². The van der Waals surface area contributed by atoms with Gasteiger partial charge in [-0.15, -0.1) is 0 Å². The minimum atomic E-state index is -3.42. The molecular weight excluding hydrogens is 282 g/mol. The predicted molar refractivity (Wildman–Crippen MR) is 73.5 cm³/mol. The van der Waals surface area contributed by atoms with Crippen molar-refractivity contribution in [1.82, 2.24) is 0 Å². The average molecular weight is 300 g/mol. The molecule has 21 heavy (non-hydrogen) atoms. The first-order valence-corrected chi connectivity index (χ1v) is 6.63. The lowest BCUT2D eigenvalue weighted by Gasteiger charge is -2.43. The summed E-state index contributed by atoms with van der Waals surface area (Å²) in [7, 11) is 0. The fourth-order valence-electron chi connectivity index (χ4n) is 3.22. The van der Waals surface area contributed by atoms with Gasteiger partial charge in [-0.05, 0) is 23.0 Å². The van der Waals surface area contributed by atoms with Crippen molar-refractivity contribution in [3.8, 4) is 0 Å². The highest BCUT2D eigenvalue weighted by molar-refractivity contribution is 5.48. The highest BCUT2D eigenvalue weighted by Crippen LogP contribution is 2.48. The Morgan fingerprint density at radius 3 is 2.67 bits per heavy atom. The van der Waals surface area contributed by atoms with Gasteiger partial charge in [-0.3, -0.25) is 10.1 Å². The molecule has 3 N–H and O–H groups in total. The number of nitrogens with zero attached hydrogens (tertiary/aromatic N) is 1. The van der Waals surface area contributed by atoms with Gasteiger partial charge in [0.2, 0.25) is 0 Å². The maximum Gasteiger partial charge on any atom is 0.278 e. The molecule has 0 bridgehead atoms. The van der Waals surface area contributed by atoms with Gasteiger partial charge in [0.15, 0.2) is 0 Å². The molecule has 5 nitrogen and oxygen atoms in total. The molecule has 0 heterocycles. The van der Waals surface area contributed by atoms with E-state index in [-0.39, 0.29) is 11.3 Å². The number of alkyl halides is 2. The van der Waals surface area contributed by atoms with Crippen LogP contribution in [0.15, 0.2) is 18.2 Å². The fraction of sp³-hybridized carbons (Fsp3) is 0.571. The number of hydrogen-bond donors (Lipinski definition) is 2. The van der Waals surface area contributed by atoms with Crippen LogP contribution in [0.2, 0.25) is 0 Å². The topological polar surface area (TPSA) is 89.4 Å². The number of aliphatic hydroxyl groups excluding tert-OH is 1.